The van der Waals surface area contributed by atoms with Crippen LogP contribution in [-0.2, 0) is 46.0 Å². The molecule has 0 aromatic heterocycles. The van der Waals surface area contributed by atoms with Crippen LogP contribution in [0.4, 0.5) is 26.3 Å². The molecule has 6 aromatic carbocycles. The van der Waals surface area contributed by atoms with Crippen LogP contribution in [0, 0.1) is 0 Å². The number of fused-ring (bicyclic) bond motifs is 2. The number of benzene rings is 4. The van der Waals surface area contributed by atoms with E-state index in [1.54, 1.807) is 36.4 Å². The molecule has 0 fully saturated rings. The van der Waals surface area contributed by atoms with E-state index in [1.807, 2.05) is 36.4 Å². The van der Waals surface area contributed by atoms with Gasteiger partial charge in [0.25, 0.3) is 0 Å². The van der Waals surface area contributed by atoms with Crippen molar-refractivity contribution in [3.63, 3.8) is 0 Å². The first-order chi connectivity index (χ1) is 27.6. The van der Waals surface area contributed by atoms with Gasteiger partial charge in [0.15, 0.2) is 7.98 Å². The molecule has 0 amide bonds. The van der Waals surface area contributed by atoms with Gasteiger partial charge < -0.3 is 4.14 Å². The summed E-state index contributed by atoms with van der Waals surface area (Å²) in [5.74, 6) is 0. The van der Waals surface area contributed by atoms with Crippen molar-refractivity contribution in [2.75, 3.05) is 0 Å². The Morgan fingerprint density at radius 2 is 0.881 bits per heavy atom. The third kappa shape index (κ3) is 14.9. The molecule has 0 atom stereocenters. The monoisotopic (exact) mass is 961 g/mol. The summed E-state index contributed by atoms with van der Waals surface area (Å²) < 4.78 is 82.0. The van der Waals surface area contributed by atoms with Gasteiger partial charge in [-0.1, -0.05) is 138 Å². The molecule has 0 aliphatic rings. The summed E-state index contributed by atoms with van der Waals surface area (Å²) in [5.41, 5.74) is 3.03. The quantitative estimate of drug-likeness (QED) is 0.0751. The summed E-state index contributed by atoms with van der Waals surface area (Å²) in [7, 11) is 13.4. The summed E-state index contributed by atoms with van der Waals surface area (Å²) in [6, 6.07) is 31.0. The molecule has 0 heterocycles. The van der Waals surface area contributed by atoms with E-state index in [1.165, 1.54) is 23.3 Å². The number of unbranched alkanes of at least 4 members (excludes halogenated alkanes) is 2. The fourth-order valence-electron chi connectivity index (χ4n) is 7.05. The summed E-state index contributed by atoms with van der Waals surface area (Å²) in [4.78, 5) is 0. The Labute approximate surface area is 369 Å². The zero-order valence-corrected chi connectivity index (χ0v) is 41.2. The number of hydrogen-bond acceptors (Lipinski definition) is 1. The van der Waals surface area contributed by atoms with E-state index in [9.17, 15) is 26.3 Å². The average Bonchev–Trinajstić information content (AvgIpc) is 3.79. The van der Waals surface area contributed by atoms with Gasteiger partial charge in [0.05, 0.1) is 11.1 Å². The molecule has 0 saturated heterocycles. The Morgan fingerprint density at radius 3 is 1.17 bits per heavy atom. The average molecular weight is 964 g/mol. The number of rotatable bonds is 10. The van der Waals surface area contributed by atoms with Crippen LogP contribution in [0.5, 0.6) is 0 Å². The minimum absolute atomic E-state index is 0.248. The molecule has 0 unspecified atom stereocenters. The maximum atomic E-state index is 13.3. The van der Waals surface area contributed by atoms with Crippen LogP contribution in [0.15, 0.2) is 109 Å². The molecule has 0 N–H and O–H groups in total. The van der Waals surface area contributed by atoms with Gasteiger partial charge in [0, 0.05) is 0 Å². The molecule has 0 aliphatic heterocycles. The van der Waals surface area contributed by atoms with Gasteiger partial charge in [-0.2, -0.15) is 38.5 Å². The van der Waals surface area contributed by atoms with Gasteiger partial charge in [-0.25, -0.2) is 0 Å². The van der Waals surface area contributed by atoms with Crippen molar-refractivity contribution in [1.82, 2.24) is 4.14 Å². The van der Waals surface area contributed by atoms with Crippen LogP contribution >= 0.6 is 17.0 Å². The third-order valence-corrected chi connectivity index (χ3v) is 16.7. The van der Waals surface area contributed by atoms with Gasteiger partial charge in [-0.15, -0.1) is 69.1 Å². The molecule has 0 aliphatic carbocycles. The minimum atomic E-state index is -4.35. The number of hydrogen-bond donors (Lipinski definition) is 0. The predicted molar refractivity (Wildman–Crippen MR) is 243 cm³/mol. The maximum absolute atomic E-state index is 13.3. The summed E-state index contributed by atoms with van der Waals surface area (Å²) >= 11 is -0.826. The molecule has 59 heavy (non-hydrogen) atoms. The van der Waals surface area contributed by atoms with E-state index >= 15 is 0 Å². The molecular weight excluding hydrogens is 910 g/mol. The molecule has 314 valence electrons. The Bertz CT molecular complexity index is 2050. The molecule has 0 bridgehead atoms. The third-order valence-electron chi connectivity index (χ3n) is 9.75. The van der Waals surface area contributed by atoms with Crippen LogP contribution in [0.25, 0.3) is 43.8 Å². The van der Waals surface area contributed by atoms with E-state index in [-0.39, 0.29) is 11.1 Å². The Kier molecular flexibility index (Phi) is 19.5. The van der Waals surface area contributed by atoms with Crippen molar-refractivity contribution in [2.24, 2.45) is 0 Å². The first-order valence-corrected chi connectivity index (χ1v) is 33.0. The van der Waals surface area contributed by atoms with E-state index < -0.39 is 60.8 Å². The van der Waals surface area contributed by atoms with E-state index in [0.29, 0.717) is 11.1 Å². The topological polar surface area (TPSA) is 3.24 Å². The number of alkyl halides is 6. The van der Waals surface area contributed by atoms with E-state index in [0.717, 1.165) is 72.2 Å². The Morgan fingerprint density at radius 1 is 0.559 bits per heavy atom. The Balaban J connectivity index is 0.000000245. The molecule has 1 nitrogen and oxygen atoms in total. The first-order valence-electron chi connectivity index (χ1n) is 19.8. The van der Waals surface area contributed by atoms with Gasteiger partial charge >= 0.3 is 50.2 Å². The number of nitrogens with zero attached hydrogens (tertiary/aromatic N) is 1. The van der Waals surface area contributed by atoms with Crippen LogP contribution in [0.3, 0.4) is 0 Å². The molecule has 2 radical (unpaired) electrons. The molecule has 6 aromatic rings. The standard InChI is InChI=1S/2C20H18F3.C6H18BNSi2.2ClH.Zr/c2*1-2-3-7-14-12-15-8-6-10-16(18(15)13-14)17-9-4-5-11-19(17)20(21,22)23;1-9(2,3)8(7)10(4,5)6;;;/h2*4-6,8-13H,2-3,7H2,1H3;1-6H3;2*1H;/q2*-1;;;;+4/p-2. The fourth-order valence-corrected chi connectivity index (χ4v) is 15.1. The van der Waals surface area contributed by atoms with Crippen LogP contribution in [0.1, 0.15) is 61.8 Å². The Hall–Kier alpha value is -2.40. The van der Waals surface area contributed by atoms with Crippen molar-refractivity contribution in [3.05, 3.63) is 131 Å². The van der Waals surface area contributed by atoms with E-state index in [2.05, 4.69) is 69.4 Å². The van der Waals surface area contributed by atoms with Crippen molar-refractivity contribution < 1.29 is 47.2 Å². The van der Waals surface area contributed by atoms with Crippen LogP contribution in [-0.4, -0.2) is 28.6 Å². The normalized spacial score (nSPS) is 11.9. The van der Waals surface area contributed by atoms with Gasteiger partial charge in [0.1, 0.15) is 16.5 Å². The van der Waals surface area contributed by atoms with Gasteiger partial charge in [0.2, 0.25) is 0 Å². The van der Waals surface area contributed by atoms with Crippen LogP contribution in [0.2, 0.25) is 39.3 Å². The molecule has 13 heteroatoms. The first kappa shape index (κ1) is 51.0. The fraction of sp³-hybridized carbons (Fsp3) is 0.348. The second kappa shape index (κ2) is 22.6. The van der Waals surface area contributed by atoms with E-state index in [4.69, 9.17) is 25.0 Å². The van der Waals surface area contributed by atoms with Crippen molar-refractivity contribution in [2.45, 2.75) is 104 Å². The van der Waals surface area contributed by atoms with Gasteiger partial charge in [-0.05, 0) is 36.1 Å². The molecule has 6 rings (SSSR count). The number of halogens is 8. The zero-order valence-electron chi connectivity index (χ0n) is 35.2. The molecular formula is C46H54BCl2F6NSi2Zr. The van der Waals surface area contributed by atoms with Crippen LogP contribution < -0.4 is 0 Å². The van der Waals surface area contributed by atoms with Crippen molar-refractivity contribution in [3.8, 4) is 22.3 Å². The summed E-state index contributed by atoms with van der Waals surface area (Å²) in [5, 5.41) is 3.81. The number of aryl methyl sites for hydroxylation is 2. The van der Waals surface area contributed by atoms with Gasteiger partial charge in [-0.3, -0.25) is 0 Å². The second-order valence-electron chi connectivity index (χ2n) is 16.4. The second-order valence-corrected chi connectivity index (χ2v) is 30.2. The SMILES string of the molecule is CCCCc1cc2c(-c3ccccc3C(F)(F)F)cccc2[cH-]1.CCCCc1cc2c(-c3ccccc3C(F)(F)F)cccc2[cH-]1.[B]N([Si](C)(C)C)[Si](C)(C)C.[Cl][Zr+2][Cl]. The predicted octanol–water partition coefficient (Wildman–Crippen LogP) is 16.6. The molecule has 0 spiro atoms. The molecule has 0 saturated carbocycles. The summed E-state index contributed by atoms with van der Waals surface area (Å²) in [6.45, 7) is 18.0. The van der Waals surface area contributed by atoms with Crippen molar-refractivity contribution >= 4 is 63.0 Å². The summed E-state index contributed by atoms with van der Waals surface area (Å²) in [6.07, 6.45) is -2.39. The zero-order chi connectivity index (χ0) is 44.2. The van der Waals surface area contributed by atoms with Crippen molar-refractivity contribution in [1.29, 1.82) is 0 Å².